The molecular formula is C18H64Ir2N2OSiY2-8. The molecule has 3 nitrogen and oxygen atoms in total. The second-order valence-corrected chi connectivity index (χ2v) is 6.95. The van der Waals surface area contributed by atoms with Gasteiger partial charge in [0, 0.05) is 113 Å². The van der Waals surface area contributed by atoms with Crippen LogP contribution < -0.4 is 12.3 Å². The number of hydrogen-bond donors (Lipinski definition) is 2. The third-order valence-corrected chi connectivity index (χ3v) is 1.84. The average molecular weight is 915 g/mol. The summed E-state index contributed by atoms with van der Waals surface area (Å²) < 4.78 is 5.08. The number of rotatable bonds is 1. The Labute approximate surface area is 257 Å². The predicted molar refractivity (Wildman–Crippen MR) is 130 cm³/mol. The van der Waals surface area contributed by atoms with Crippen molar-refractivity contribution in [3.05, 3.63) is 59.4 Å². The van der Waals surface area contributed by atoms with Crippen molar-refractivity contribution in [1.29, 1.82) is 0 Å². The maximum atomic E-state index is 5.08. The molecule has 0 spiro atoms. The summed E-state index contributed by atoms with van der Waals surface area (Å²) in [5.74, 6) is 0. The first-order valence-electron chi connectivity index (χ1n) is 3.11. The molecule has 0 aliphatic rings. The Bertz CT molecular complexity index is 70.9. The fraction of sp³-hybridized carbons (Fsp3) is 0.556. The van der Waals surface area contributed by atoms with Gasteiger partial charge in [-0.1, -0.05) is 43.6 Å². The minimum absolute atomic E-state index is 0. The van der Waals surface area contributed by atoms with Crippen molar-refractivity contribution in [1.82, 2.24) is 12.3 Å². The van der Waals surface area contributed by atoms with Crippen LogP contribution in [0.15, 0.2) is 0 Å². The van der Waals surface area contributed by atoms with Gasteiger partial charge in [-0.05, 0) is 19.6 Å². The third kappa shape index (κ3) is 448. The van der Waals surface area contributed by atoms with E-state index in [1.807, 2.05) is 13.8 Å². The number of hydrogen-bond acceptors (Lipinski definition) is 3. The van der Waals surface area contributed by atoms with Gasteiger partial charge in [-0.15, -0.1) is 0 Å². The Hall–Kier alpha value is 3.60. The van der Waals surface area contributed by atoms with E-state index in [9.17, 15) is 0 Å². The molecule has 0 heterocycles. The van der Waals surface area contributed by atoms with Crippen molar-refractivity contribution in [3.63, 3.8) is 0 Å². The molecule has 0 aromatic heterocycles. The van der Waals surface area contributed by atoms with Gasteiger partial charge in [0.05, 0.1) is 0 Å². The topological polar surface area (TPSA) is 79.2 Å². The summed E-state index contributed by atoms with van der Waals surface area (Å²) in [7, 11) is 0.639. The molecule has 0 atom stereocenters. The standard InChI is InChI=1S/C4H12OSi.C2H6.4CH4.8CH3.2Ir.2H3N.2Y/c1-5-6(2,3)4;1-2;;;;;;;;;;;;;;;;;;/h1-4H3;1-2H3;4*1H4;8*1H3;;;2*1H3;;/q;;;;;;8*-1;;;;;;. The summed E-state index contributed by atoms with van der Waals surface area (Å²) in [6.07, 6.45) is 0. The summed E-state index contributed by atoms with van der Waals surface area (Å²) in [4.78, 5) is 0. The van der Waals surface area contributed by atoms with E-state index in [0.717, 1.165) is 0 Å². The first-order chi connectivity index (χ1) is 3.56. The Morgan fingerprint density at radius 3 is 0.538 bits per heavy atom. The van der Waals surface area contributed by atoms with Crippen LogP contribution in [0.25, 0.3) is 0 Å². The first kappa shape index (κ1) is 263. The van der Waals surface area contributed by atoms with E-state index < -0.39 is 8.32 Å². The van der Waals surface area contributed by atoms with E-state index in [2.05, 4.69) is 19.6 Å². The molecule has 26 heavy (non-hydrogen) atoms. The van der Waals surface area contributed by atoms with Gasteiger partial charge in [-0.25, -0.2) is 0 Å². The van der Waals surface area contributed by atoms with Gasteiger partial charge in [0.25, 0.3) is 0 Å². The first-order valence-corrected chi connectivity index (χ1v) is 6.52. The molecule has 0 saturated heterocycles. The molecule has 4 radical (unpaired) electrons. The molecule has 0 rings (SSSR count). The smallest absolute Gasteiger partial charge is 0.183 e. The molecule has 0 saturated carbocycles. The molecule has 0 aliphatic carbocycles. The zero-order chi connectivity index (χ0) is 7.21. The van der Waals surface area contributed by atoms with Crippen LogP contribution in [0.4, 0.5) is 0 Å². The Morgan fingerprint density at radius 1 is 0.500 bits per heavy atom. The van der Waals surface area contributed by atoms with E-state index >= 15 is 0 Å². The predicted octanol–water partition coefficient (Wildman–Crippen LogP) is 8.95. The minimum atomic E-state index is -1.13. The van der Waals surface area contributed by atoms with Crippen LogP contribution in [0.5, 0.6) is 0 Å². The second-order valence-electron chi connectivity index (χ2n) is 2.32. The normalized spacial score (nSPS) is 3.00. The Morgan fingerprint density at radius 2 is 0.538 bits per heavy atom. The van der Waals surface area contributed by atoms with Crippen molar-refractivity contribution in [2.75, 3.05) is 7.11 Å². The van der Waals surface area contributed by atoms with Crippen molar-refractivity contribution >= 4 is 8.32 Å². The van der Waals surface area contributed by atoms with Crippen molar-refractivity contribution in [3.8, 4) is 0 Å². The molecule has 0 fully saturated rings. The Balaban J connectivity index is -0.000000000972. The van der Waals surface area contributed by atoms with Crippen molar-refractivity contribution in [2.45, 2.75) is 63.2 Å². The minimum Gasteiger partial charge on any atom is -0.421 e. The van der Waals surface area contributed by atoms with Gasteiger partial charge in [-0.3, -0.25) is 0 Å². The molecule has 0 aromatic carbocycles. The van der Waals surface area contributed by atoms with Crippen LogP contribution in [0, 0.1) is 59.4 Å². The van der Waals surface area contributed by atoms with Gasteiger partial charge < -0.3 is 76.1 Å². The summed E-state index contributed by atoms with van der Waals surface area (Å²) in [5, 5.41) is 0. The molecule has 0 bridgehead atoms. The maximum absolute atomic E-state index is 5.08. The molecule has 0 unspecified atom stereocenters. The molecular weight excluding hydrogens is 851 g/mol. The zero-order valence-corrected chi connectivity index (χ0v) is 29.6. The van der Waals surface area contributed by atoms with Crippen LogP contribution in [-0.4, -0.2) is 15.4 Å². The molecule has 6 N–H and O–H groups in total. The van der Waals surface area contributed by atoms with Crippen LogP contribution >= 0.6 is 0 Å². The van der Waals surface area contributed by atoms with Crippen LogP contribution in [-0.2, 0) is 110 Å². The Kier molecular flexibility index (Phi) is 1960. The summed E-state index contributed by atoms with van der Waals surface area (Å²) in [6, 6.07) is 0. The monoisotopic (exact) mass is 916 g/mol. The van der Waals surface area contributed by atoms with E-state index in [4.69, 9.17) is 4.43 Å². The average Bonchev–Trinajstić information content (AvgIpc) is 1.71. The van der Waals surface area contributed by atoms with Crippen LogP contribution in [0.3, 0.4) is 0 Å². The van der Waals surface area contributed by atoms with Crippen LogP contribution in [0.1, 0.15) is 43.6 Å². The van der Waals surface area contributed by atoms with Gasteiger partial charge in [0.15, 0.2) is 8.32 Å². The van der Waals surface area contributed by atoms with Gasteiger partial charge >= 0.3 is 0 Å². The molecule has 0 aliphatic heterocycles. The summed E-state index contributed by atoms with van der Waals surface area (Å²) in [5.41, 5.74) is 0. The molecule has 0 aromatic rings. The van der Waals surface area contributed by atoms with E-state index in [0.29, 0.717) is 0 Å². The SMILES string of the molecule is C.C.C.C.CC.CO[Si](C)(C)C.N.N.[CH3-].[CH3-].[CH3-].[CH3-].[CH3-].[CH3-].[CH3-].[CH3-].[Ir].[Ir].[Y].[Y]. The molecule has 0 amide bonds. The van der Waals surface area contributed by atoms with Crippen LogP contribution in [0.2, 0.25) is 19.6 Å². The quantitative estimate of drug-likeness (QED) is 0.204. The van der Waals surface area contributed by atoms with E-state index in [-0.39, 0.29) is 207 Å². The fourth-order valence-corrected chi connectivity index (χ4v) is 0. The maximum Gasteiger partial charge on any atom is 0.183 e. The summed E-state index contributed by atoms with van der Waals surface area (Å²) in [6.45, 7) is 10.5. The van der Waals surface area contributed by atoms with Crippen molar-refractivity contribution in [2.24, 2.45) is 0 Å². The van der Waals surface area contributed by atoms with E-state index in [1.165, 1.54) is 0 Å². The largest absolute Gasteiger partial charge is 0.421 e. The second kappa shape index (κ2) is 194. The molecule has 8 heteroatoms. The van der Waals surface area contributed by atoms with E-state index in [1.54, 1.807) is 7.11 Å². The zero-order valence-electron chi connectivity index (χ0n) is 18.1. The fourth-order valence-electron chi connectivity index (χ4n) is 0. The third-order valence-electron chi connectivity index (χ3n) is 0.612. The van der Waals surface area contributed by atoms with Gasteiger partial charge in [0.1, 0.15) is 0 Å². The van der Waals surface area contributed by atoms with Crippen molar-refractivity contribution < 1.29 is 110 Å². The van der Waals surface area contributed by atoms with Gasteiger partial charge in [-0.2, -0.15) is 0 Å². The van der Waals surface area contributed by atoms with Gasteiger partial charge in [0.2, 0.25) is 0 Å². The summed E-state index contributed by atoms with van der Waals surface area (Å²) >= 11 is 0. The molecule has 188 valence electrons.